The van der Waals surface area contributed by atoms with E-state index in [9.17, 15) is 4.79 Å². The second kappa shape index (κ2) is 20.1. The Bertz CT molecular complexity index is 1720. The third kappa shape index (κ3) is 12.8. The predicted octanol–water partition coefficient (Wildman–Crippen LogP) is 7.26. The standard InChI is InChI=1S/C24H32N2O4.C19H24N2O2/c1-24(2,3)30-23(28)26-11-5-10-21(26)17-29-22-14-20(15-25-16-22)19-9-4-7-18(13-19)8-6-12-27;22-9-3-5-15-4-1-6-16(10-15)17-11-19(13-20-12-17)23-14-18-7-2-8-21-18/h4,7,9,13-16,21,27H,5-6,8,10-12,17H2,1-3H3;1,4,6,10-13,18,21-22H,2-3,5,7-9,14H2/t21-;18-/m00/s1. The molecule has 2 aliphatic rings. The number of hydrogen-bond donors (Lipinski definition) is 3. The van der Waals surface area contributed by atoms with Crippen molar-refractivity contribution in [2.75, 3.05) is 39.5 Å². The topological polar surface area (TPSA) is 126 Å². The molecule has 0 saturated carbocycles. The van der Waals surface area contributed by atoms with Crippen LogP contribution in [0.1, 0.15) is 70.4 Å². The fourth-order valence-electron chi connectivity index (χ4n) is 6.55. The van der Waals surface area contributed by atoms with Crippen LogP contribution < -0.4 is 14.8 Å². The lowest BCUT2D eigenvalue weighted by Crippen LogP contribution is -2.42. The fraction of sp³-hybridized carbons (Fsp3) is 0.465. The first kappa shape index (κ1) is 39.7. The van der Waals surface area contributed by atoms with Gasteiger partial charge in [-0.3, -0.25) is 9.97 Å². The summed E-state index contributed by atoms with van der Waals surface area (Å²) in [6.07, 6.45) is 14.4. The number of amides is 1. The number of aromatic nitrogens is 2. The molecule has 4 heterocycles. The SMILES string of the molecule is CC(C)(C)OC(=O)N1CCC[C@H]1COc1cncc(-c2cccc(CCCO)c2)c1.OCCCc1cccc(-c2cncc(OC[C@@H]3CCCN3)c2)c1. The minimum absolute atomic E-state index is 0.00492. The van der Waals surface area contributed by atoms with Crippen LogP contribution in [0.15, 0.2) is 85.5 Å². The number of carbonyl (C=O) groups is 1. The van der Waals surface area contributed by atoms with Gasteiger partial charge in [-0.1, -0.05) is 48.5 Å². The first-order valence-electron chi connectivity index (χ1n) is 19.0. The van der Waals surface area contributed by atoms with Crippen LogP contribution in [0.3, 0.4) is 0 Å². The Morgan fingerprint density at radius 2 is 1.36 bits per heavy atom. The molecule has 2 saturated heterocycles. The Labute approximate surface area is 314 Å². The fourth-order valence-corrected chi connectivity index (χ4v) is 6.55. The van der Waals surface area contributed by atoms with Gasteiger partial charge in [-0.05, 0) is 113 Å². The van der Waals surface area contributed by atoms with Gasteiger partial charge in [0.1, 0.15) is 30.3 Å². The van der Waals surface area contributed by atoms with E-state index >= 15 is 0 Å². The van der Waals surface area contributed by atoms with Gasteiger partial charge in [-0.25, -0.2) is 4.79 Å². The third-order valence-electron chi connectivity index (χ3n) is 9.26. The number of nitrogens with one attached hydrogen (secondary N) is 1. The van der Waals surface area contributed by atoms with Gasteiger partial charge in [0.15, 0.2) is 0 Å². The van der Waals surface area contributed by atoms with E-state index in [1.165, 1.54) is 24.0 Å². The van der Waals surface area contributed by atoms with Crippen molar-refractivity contribution in [3.05, 3.63) is 96.6 Å². The van der Waals surface area contributed by atoms with Crippen molar-refractivity contribution in [3.8, 4) is 33.8 Å². The van der Waals surface area contributed by atoms with E-state index in [0.29, 0.717) is 31.5 Å². The maximum absolute atomic E-state index is 12.4. The lowest BCUT2D eigenvalue weighted by Gasteiger charge is -2.28. The number of nitrogens with zero attached hydrogens (tertiary/aromatic N) is 3. The highest BCUT2D eigenvalue weighted by Crippen LogP contribution is 2.27. The Hall–Kier alpha value is -4.51. The minimum atomic E-state index is -0.505. The molecule has 284 valence electrons. The van der Waals surface area contributed by atoms with E-state index in [4.69, 9.17) is 24.4 Å². The summed E-state index contributed by atoms with van der Waals surface area (Å²) >= 11 is 0. The van der Waals surface area contributed by atoms with Crippen LogP contribution in [0.25, 0.3) is 22.3 Å². The molecule has 2 fully saturated rings. The monoisotopic (exact) mass is 724 g/mol. The molecule has 0 spiro atoms. The molecule has 0 unspecified atom stereocenters. The van der Waals surface area contributed by atoms with Crippen LogP contribution in [0, 0.1) is 0 Å². The average molecular weight is 725 g/mol. The summed E-state index contributed by atoms with van der Waals surface area (Å²) in [7, 11) is 0. The van der Waals surface area contributed by atoms with Gasteiger partial charge < -0.3 is 34.6 Å². The lowest BCUT2D eigenvalue weighted by atomic mass is 10.0. The zero-order valence-electron chi connectivity index (χ0n) is 31.5. The van der Waals surface area contributed by atoms with Gasteiger partial charge in [0, 0.05) is 49.3 Å². The molecule has 2 aromatic carbocycles. The normalized spacial score (nSPS) is 16.9. The molecule has 2 aliphatic heterocycles. The number of aliphatic hydroxyl groups is 2. The second-order valence-electron chi connectivity index (χ2n) is 14.8. The van der Waals surface area contributed by atoms with Gasteiger partial charge in [0.05, 0.1) is 18.4 Å². The first-order chi connectivity index (χ1) is 25.7. The Morgan fingerprint density at radius 3 is 1.89 bits per heavy atom. The molecule has 10 heteroatoms. The number of likely N-dealkylation sites (tertiary alicyclic amines) is 1. The average Bonchev–Trinajstić information content (AvgIpc) is 3.88. The summed E-state index contributed by atoms with van der Waals surface area (Å²) in [5.41, 5.74) is 6.16. The molecular formula is C43H56N4O6. The summed E-state index contributed by atoms with van der Waals surface area (Å²) in [6, 6.07) is 21.1. The number of benzene rings is 2. The molecule has 10 nitrogen and oxygen atoms in total. The van der Waals surface area contributed by atoms with Crippen molar-refractivity contribution >= 4 is 6.09 Å². The molecule has 0 radical (unpaired) electrons. The van der Waals surface area contributed by atoms with E-state index in [-0.39, 0.29) is 25.3 Å². The minimum Gasteiger partial charge on any atom is -0.490 e. The number of aliphatic hydroxyl groups excluding tert-OH is 2. The highest BCUT2D eigenvalue weighted by Gasteiger charge is 2.32. The Morgan fingerprint density at radius 1 is 0.774 bits per heavy atom. The largest absolute Gasteiger partial charge is 0.490 e. The quantitative estimate of drug-likeness (QED) is 0.123. The number of hydrogen-bond acceptors (Lipinski definition) is 9. The molecule has 2 atom stereocenters. The number of aryl methyl sites for hydroxylation is 2. The van der Waals surface area contributed by atoms with Crippen LogP contribution in [0.5, 0.6) is 11.5 Å². The van der Waals surface area contributed by atoms with Crippen molar-refractivity contribution in [1.29, 1.82) is 0 Å². The molecule has 53 heavy (non-hydrogen) atoms. The molecule has 6 rings (SSSR count). The molecule has 2 aromatic heterocycles. The van der Waals surface area contributed by atoms with Gasteiger partial charge >= 0.3 is 6.09 Å². The van der Waals surface area contributed by atoms with Gasteiger partial charge in [0.25, 0.3) is 0 Å². The zero-order valence-corrected chi connectivity index (χ0v) is 31.5. The van der Waals surface area contributed by atoms with Crippen LogP contribution >= 0.6 is 0 Å². The third-order valence-corrected chi connectivity index (χ3v) is 9.26. The van der Waals surface area contributed by atoms with Gasteiger partial charge in [-0.15, -0.1) is 0 Å². The van der Waals surface area contributed by atoms with E-state index in [1.807, 2.05) is 57.4 Å². The van der Waals surface area contributed by atoms with Gasteiger partial charge in [0.2, 0.25) is 0 Å². The first-order valence-corrected chi connectivity index (χ1v) is 19.0. The number of ether oxygens (including phenoxy) is 3. The maximum Gasteiger partial charge on any atom is 0.410 e. The number of rotatable bonds is 14. The van der Waals surface area contributed by atoms with Crippen molar-refractivity contribution in [2.24, 2.45) is 0 Å². The van der Waals surface area contributed by atoms with E-state index in [2.05, 4.69) is 51.7 Å². The summed E-state index contributed by atoms with van der Waals surface area (Å²) in [5, 5.41) is 21.5. The van der Waals surface area contributed by atoms with E-state index < -0.39 is 5.60 Å². The molecule has 1 amide bonds. The lowest BCUT2D eigenvalue weighted by molar-refractivity contribution is 0.0187. The zero-order chi connectivity index (χ0) is 37.5. The Kier molecular flexibility index (Phi) is 15.0. The summed E-state index contributed by atoms with van der Waals surface area (Å²) < 4.78 is 17.4. The number of pyridine rings is 2. The molecule has 3 N–H and O–H groups in total. The number of carbonyl (C=O) groups excluding carboxylic acids is 1. The Balaban J connectivity index is 0.000000211. The van der Waals surface area contributed by atoms with Crippen molar-refractivity contribution < 1.29 is 29.2 Å². The van der Waals surface area contributed by atoms with Crippen LogP contribution in [-0.2, 0) is 17.6 Å². The molecule has 0 bridgehead atoms. The van der Waals surface area contributed by atoms with Crippen LogP contribution in [0.4, 0.5) is 4.79 Å². The summed E-state index contributed by atoms with van der Waals surface area (Å²) in [4.78, 5) is 22.9. The van der Waals surface area contributed by atoms with E-state index in [0.717, 1.165) is 73.1 Å². The molecule has 4 aromatic rings. The van der Waals surface area contributed by atoms with Crippen molar-refractivity contribution in [1.82, 2.24) is 20.2 Å². The maximum atomic E-state index is 12.4. The van der Waals surface area contributed by atoms with Crippen LogP contribution in [-0.4, -0.2) is 88.4 Å². The smallest absolute Gasteiger partial charge is 0.410 e. The van der Waals surface area contributed by atoms with Crippen molar-refractivity contribution in [2.45, 2.75) is 89.8 Å². The summed E-state index contributed by atoms with van der Waals surface area (Å²) in [5.74, 6) is 1.50. The van der Waals surface area contributed by atoms with Gasteiger partial charge in [-0.2, -0.15) is 0 Å². The molecule has 0 aliphatic carbocycles. The highest BCUT2D eigenvalue weighted by atomic mass is 16.6. The highest BCUT2D eigenvalue weighted by molar-refractivity contribution is 5.69. The van der Waals surface area contributed by atoms with E-state index in [1.54, 1.807) is 17.3 Å². The molecular weight excluding hydrogens is 668 g/mol. The summed E-state index contributed by atoms with van der Waals surface area (Å²) in [6.45, 7) is 8.95. The predicted molar refractivity (Wildman–Crippen MR) is 208 cm³/mol. The van der Waals surface area contributed by atoms with Crippen molar-refractivity contribution in [3.63, 3.8) is 0 Å². The second-order valence-corrected chi connectivity index (χ2v) is 14.8. The van der Waals surface area contributed by atoms with Crippen LogP contribution in [0.2, 0.25) is 0 Å².